The van der Waals surface area contributed by atoms with Gasteiger partial charge in [-0.1, -0.05) is 12.1 Å². The van der Waals surface area contributed by atoms with E-state index in [0.29, 0.717) is 6.54 Å². The van der Waals surface area contributed by atoms with Crippen LogP contribution >= 0.6 is 0 Å². The summed E-state index contributed by atoms with van der Waals surface area (Å²) in [5, 5.41) is 10.3. The van der Waals surface area contributed by atoms with E-state index in [1.54, 1.807) is 24.3 Å². The third kappa shape index (κ3) is 4.06. The van der Waals surface area contributed by atoms with Crippen molar-refractivity contribution < 1.29 is 18.8 Å². The number of piperazine rings is 1. The number of hydrogen-bond acceptors (Lipinski definition) is 2. The lowest BCUT2D eigenvalue weighted by Gasteiger charge is -2.34. The minimum Gasteiger partial charge on any atom is -0.382 e. The molecule has 3 nitrogen and oxygen atoms in total. The van der Waals surface area contributed by atoms with Gasteiger partial charge in [0.05, 0.1) is 26.2 Å². The Balaban J connectivity index is 1.52. The summed E-state index contributed by atoms with van der Waals surface area (Å²) >= 11 is 0. The van der Waals surface area contributed by atoms with Gasteiger partial charge in [-0.25, -0.2) is 8.78 Å². The minimum absolute atomic E-state index is 0.222. The molecular weight excluding hydrogens is 298 g/mol. The van der Waals surface area contributed by atoms with E-state index in [2.05, 4.69) is 4.90 Å². The molecule has 2 N–H and O–H groups in total. The first-order valence-corrected chi connectivity index (χ1v) is 7.89. The van der Waals surface area contributed by atoms with Gasteiger partial charge in [-0.15, -0.1) is 0 Å². The van der Waals surface area contributed by atoms with E-state index in [1.807, 2.05) is 0 Å². The number of nitrogens with zero attached hydrogens (tertiary/aromatic N) is 1. The Labute approximate surface area is 134 Å². The van der Waals surface area contributed by atoms with E-state index in [1.165, 1.54) is 29.2 Å². The Morgan fingerprint density at radius 1 is 0.913 bits per heavy atom. The molecule has 3 rings (SSSR count). The van der Waals surface area contributed by atoms with E-state index >= 15 is 0 Å². The molecule has 0 aliphatic carbocycles. The van der Waals surface area contributed by atoms with E-state index in [4.69, 9.17) is 0 Å². The van der Waals surface area contributed by atoms with Crippen LogP contribution in [0.4, 0.5) is 14.5 Å². The Bertz CT molecular complexity index is 622. The van der Waals surface area contributed by atoms with Crippen LogP contribution in [0.15, 0.2) is 48.5 Å². The van der Waals surface area contributed by atoms with Crippen molar-refractivity contribution in [1.29, 1.82) is 0 Å². The van der Waals surface area contributed by atoms with Crippen molar-refractivity contribution in [2.75, 3.05) is 37.6 Å². The van der Waals surface area contributed by atoms with Crippen molar-refractivity contribution in [3.8, 4) is 0 Å². The predicted molar refractivity (Wildman–Crippen MR) is 85.5 cm³/mol. The normalized spacial score (nSPS) is 17.3. The number of quaternary nitrogens is 1. The molecule has 1 heterocycles. The Hall–Kier alpha value is -1.98. The molecule has 0 aromatic heterocycles. The molecule has 0 radical (unpaired) electrons. The number of hydrogen-bond donors (Lipinski definition) is 2. The molecule has 1 atom stereocenters. The van der Waals surface area contributed by atoms with Crippen LogP contribution in [-0.2, 0) is 0 Å². The zero-order chi connectivity index (χ0) is 16.2. The average molecular weight is 319 g/mol. The van der Waals surface area contributed by atoms with Crippen LogP contribution < -0.4 is 9.80 Å². The molecule has 1 fully saturated rings. The van der Waals surface area contributed by atoms with Gasteiger partial charge in [0.25, 0.3) is 0 Å². The van der Waals surface area contributed by atoms with Gasteiger partial charge in [0, 0.05) is 5.69 Å². The fourth-order valence-corrected chi connectivity index (χ4v) is 3.01. The molecule has 23 heavy (non-hydrogen) atoms. The summed E-state index contributed by atoms with van der Waals surface area (Å²) in [6, 6.07) is 12.6. The SMILES string of the molecule is O[C@@H](C[NH+]1CCN(c2ccc(F)cc2)CC1)c1ccc(F)cc1. The molecule has 1 aliphatic rings. The number of aliphatic hydroxyl groups is 1. The Morgan fingerprint density at radius 3 is 2.00 bits per heavy atom. The van der Waals surface area contributed by atoms with Gasteiger partial charge in [-0.2, -0.15) is 0 Å². The summed E-state index contributed by atoms with van der Waals surface area (Å²) in [5.41, 5.74) is 1.78. The summed E-state index contributed by atoms with van der Waals surface area (Å²) in [6.45, 7) is 4.18. The van der Waals surface area contributed by atoms with Crippen molar-refractivity contribution in [1.82, 2.24) is 0 Å². The fourth-order valence-electron chi connectivity index (χ4n) is 3.01. The Morgan fingerprint density at radius 2 is 1.43 bits per heavy atom. The van der Waals surface area contributed by atoms with Crippen molar-refractivity contribution in [2.45, 2.75) is 6.10 Å². The van der Waals surface area contributed by atoms with Gasteiger partial charge in [-0.05, 0) is 42.0 Å². The van der Waals surface area contributed by atoms with Crippen LogP contribution in [0.25, 0.3) is 0 Å². The molecular formula is C18H21F2N2O+. The van der Waals surface area contributed by atoms with Crippen LogP contribution in [0.2, 0.25) is 0 Å². The summed E-state index contributed by atoms with van der Waals surface area (Å²) in [6.07, 6.45) is -0.581. The van der Waals surface area contributed by atoms with Crippen LogP contribution in [-0.4, -0.2) is 37.8 Å². The monoisotopic (exact) mass is 319 g/mol. The number of nitrogens with one attached hydrogen (secondary N) is 1. The standard InChI is InChI=1S/C18H20F2N2O/c19-15-3-1-14(2-4-15)18(23)13-21-9-11-22(12-10-21)17-7-5-16(20)6-8-17/h1-8,18,23H,9-13H2/p+1/t18-/m0/s1. The van der Waals surface area contributed by atoms with Crippen LogP contribution in [0.3, 0.4) is 0 Å². The average Bonchev–Trinajstić information content (AvgIpc) is 2.57. The first-order valence-electron chi connectivity index (χ1n) is 7.89. The second-order valence-corrected chi connectivity index (χ2v) is 5.98. The van der Waals surface area contributed by atoms with E-state index in [0.717, 1.165) is 37.4 Å². The first kappa shape index (κ1) is 15.9. The topological polar surface area (TPSA) is 27.9 Å². The smallest absolute Gasteiger partial charge is 0.128 e. The molecule has 0 bridgehead atoms. The summed E-state index contributed by atoms with van der Waals surface area (Å²) in [7, 11) is 0. The molecule has 0 unspecified atom stereocenters. The molecule has 0 saturated carbocycles. The van der Waals surface area contributed by atoms with Gasteiger partial charge in [0.15, 0.2) is 0 Å². The maximum atomic E-state index is 13.0. The highest BCUT2D eigenvalue weighted by molar-refractivity contribution is 5.46. The third-order valence-corrected chi connectivity index (χ3v) is 4.40. The fraction of sp³-hybridized carbons (Fsp3) is 0.333. The van der Waals surface area contributed by atoms with E-state index in [-0.39, 0.29) is 11.6 Å². The maximum absolute atomic E-state index is 13.0. The lowest BCUT2D eigenvalue weighted by atomic mass is 10.1. The second kappa shape index (κ2) is 7.06. The zero-order valence-electron chi connectivity index (χ0n) is 12.9. The molecule has 2 aromatic rings. The minimum atomic E-state index is -0.581. The van der Waals surface area contributed by atoms with Gasteiger partial charge >= 0.3 is 0 Å². The molecule has 2 aromatic carbocycles. The Kier molecular flexibility index (Phi) is 4.88. The highest BCUT2D eigenvalue weighted by Crippen LogP contribution is 2.15. The molecule has 1 saturated heterocycles. The molecule has 1 aliphatic heterocycles. The van der Waals surface area contributed by atoms with E-state index in [9.17, 15) is 13.9 Å². The quantitative estimate of drug-likeness (QED) is 0.892. The number of halogens is 2. The van der Waals surface area contributed by atoms with Crippen LogP contribution in [0.1, 0.15) is 11.7 Å². The molecule has 0 spiro atoms. The van der Waals surface area contributed by atoms with Crippen LogP contribution in [0, 0.1) is 11.6 Å². The number of aliphatic hydroxyl groups excluding tert-OH is 1. The van der Waals surface area contributed by atoms with Crippen molar-refractivity contribution in [2.24, 2.45) is 0 Å². The van der Waals surface area contributed by atoms with Crippen molar-refractivity contribution in [3.05, 3.63) is 65.7 Å². The lowest BCUT2D eigenvalue weighted by Crippen LogP contribution is -3.15. The number of rotatable bonds is 4. The number of benzene rings is 2. The predicted octanol–water partition coefficient (Wildman–Crippen LogP) is 1.40. The highest BCUT2D eigenvalue weighted by Gasteiger charge is 2.23. The first-order chi connectivity index (χ1) is 11.1. The molecule has 5 heteroatoms. The highest BCUT2D eigenvalue weighted by atomic mass is 19.1. The van der Waals surface area contributed by atoms with Gasteiger partial charge in [0.2, 0.25) is 0 Å². The third-order valence-electron chi connectivity index (χ3n) is 4.40. The van der Waals surface area contributed by atoms with Crippen molar-refractivity contribution >= 4 is 5.69 Å². The maximum Gasteiger partial charge on any atom is 0.128 e. The van der Waals surface area contributed by atoms with Crippen LogP contribution in [0.5, 0.6) is 0 Å². The van der Waals surface area contributed by atoms with Gasteiger partial charge in [0.1, 0.15) is 24.3 Å². The summed E-state index contributed by atoms with van der Waals surface area (Å²) in [5.74, 6) is -0.512. The lowest BCUT2D eigenvalue weighted by molar-refractivity contribution is -0.904. The van der Waals surface area contributed by atoms with Gasteiger partial charge < -0.3 is 14.9 Å². The summed E-state index contributed by atoms with van der Waals surface area (Å²) in [4.78, 5) is 3.55. The van der Waals surface area contributed by atoms with E-state index < -0.39 is 6.10 Å². The molecule has 0 amide bonds. The second-order valence-electron chi connectivity index (χ2n) is 5.98. The largest absolute Gasteiger partial charge is 0.382 e. The molecule has 122 valence electrons. The van der Waals surface area contributed by atoms with Gasteiger partial charge in [-0.3, -0.25) is 0 Å². The number of anilines is 1. The summed E-state index contributed by atoms with van der Waals surface area (Å²) < 4.78 is 25.9. The van der Waals surface area contributed by atoms with Crippen molar-refractivity contribution in [3.63, 3.8) is 0 Å². The zero-order valence-corrected chi connectivity index (χ0v) is 12.9.